The van der Waals surface area contributed by atoms with Crippen LogP contribution >= 0.6 is 22.2 Å². The average molecular weight is 269 g/mol. The number of rotatable bonds is 4. The molecule has 0 heterocycles. The van der Waals surface area contributed by atoms with E-state index in [1.54, 1.807) is 0 Å². The summed E-state index contributed by atoms with van der Waals surface area (Å²) in [7, 11) is 0. The standard InChI is InChI=1S/C12H26Cl2Si/c1-9(2)11(5,6)15(13,14)12(7,8)10(3)4/h9-10H,1-8H3. The SMILES string of the molecule is CC(C)C(C)(C)[Si](Cl)(Cl)C(C)(C)C(C)C. The lowest BCUT2D eigenvalue weighted by Gasteiger charge is -2.49. The lowest BCUT2D eigenvalue weighted by molar-refractivity contribution is 0.407. The van der Waals surface area contributed by atoms with Gasteiger partial charge in [0.05, 0.1) is 0 Å². The minimum Gasteiger partial charge on any atom is -0.145 e. The van der Waals surface area contributed by atoms with Crippen LogP contribution in [-0.4, -0.2) is 6.69 Å². The molecule has 0 amide bonds. The largest absolute Gasteiger partial charge is 0.262 e. The van der Waals surface area contributed by atoms with Gasteiger partial charge in [0.2, 0.25) is 0 Å². The molecule has 0 aromatic rings. The summed E-state index contributed by atoms with van der Waals surface area (Å²) in [5, 5.41) is 0.0633. The maximum absolute atomic E-state index is 6.81. The second kappa shape index (κ2) is 4.58. The van der Waals surface area contributed by atoms with E-state index in [-0.39, 0.29) is 10.1 Å². The van der Waals surface area contributed by atoms with Crippen molar-refractivity contribution < 1.29 is 0 Å². The van der Waals surface area contributed by atoms with Crippen LogP contribution in [0, 0.1) is 11.8 Å². The van der Waals surface area contributed by atoms with Crippen molar-refractivity contribution >= 4 is 28.9 Å². The summed E-state index contributed by atoms with van der Waals surface area (Å²) in [6.45, 7) is 15.4. The van der Waals surface area contributed by atoms with Crippen molar-refractivity contribution in [3.8, 4) is 0 Å². The summed E-state index contributed by atoms with van der Waals surface area (Å²) in [6, 6.07) is 0. The van der Waals surface area contributed by atoms with Gasteiger partial charge in [0.1, 0.15) is 0 Å². The Morgan fingerprint density at radius 1 is 0.733 bits per heavy atom. The topological polar surface area (TPSA) is 0 Å². The van der Waals surface area contributed by atoms with Crippen molar-refractivity contribution in [1.82, 2.24) is 0 Å². The molecular formula is C12H26Cl2Si. The molecule has 0 rings (SSSR count). The third-order valence-corrected chi connectivity index (χ3v) is 14.7. The Kier molecular flexibility index (Phi) is 4.82. The second-order valence-corrected chi connectivity index (χ2v) is 14.0. The second-order valence-electron chi connectivity index (χ2n) is 6.33. The first kappa shape index (κ1) is 15.8. The molecule has 0 bridgehead atoms. The van der Waals surface area contributed by atoms with Crippen LogP contribution in [0.4, 0.5) is 0 Å². The summed E-state index contributed by atoms with van der Waals surface area (Å²) in [5.74, 6) is 1.02. The highest BCUT2D eigenvalue weighted by Crippen LogP contribution is 2.62. The number of halogens is 2. The van der Waals surface area contributed by atoms with Gasteiger partial charge in [-0.1, -0.05) is 55.4 Å². The molecule has 3 heteroatoms. The molecule has 0 saturated heterocycles. The van der Waals surface area contributed by atoms with Crippen LogP contribution in [0.25, 0.3) is 0 Å². The van der Waals surface area contributed by atoms with Gasteiger partial charge in [0.25, 0.3) is 6.69 Å². The Balaban J connectivity index is 5.30. The first-order valence-corrected chi connectivity index (χ1v) is 9.79. The molecule has 0 radical (unpaired) electrons. The Hall–Kier alpha value is 0.797. The van der Waals surface area contributed by atoms with Crippen LogP contribution in [0.2, 0.25) is 10.1 Å². The van der Waals surface area contributed by atoms with Crippen molar-refractivity contribution in [1.29, 1.82) is 0 Å². The van der Waals surface area contributed by atoms with Crippen LogP contribution in [-0.2, 0) is 0 Å². The Labute approximate surface area is 106 Å². The van der Waals surface area contributed by atoms with E-state index in [9.17, 15) is 0 Å². The fraction of sp³-hybridized carbons (Fsp3) is 1.00. The van der Waals surface area contributed by atoms with Crippen LogP contribution in [0.15, 0.2) is 0 Å². The minimum absolute atomic E-state index is 0.0316. The average Bonchev–Trinajstić information content (AvgIpc) is 2.02. The first-order chi connectivity index (χ1) is 6.39. The maximum Gasteiger partial charge on any atom is 0.262 e. The van der Waals surface area contributed by atoms with E-state index in [0.29, 0.717) is 11.8 Å². The molecule has 0 atom stereocenters. The fourth-order valence-corrected chi connectivity index (χ4v) is 7.28. The number of hydrogen-bond donors (Lipinski definition) is 0. The van der Waals surface area contributed by atoms with Gasteiger partial charge < -0.3 is 0 Å². The van der Waals surface area contributed by atoms with Crippen molar-refractivity contribution in [3.63, 3.8) is 0 Å². The van der Waals surface area contributed by atoms with Gasteiger partial charge >= 0.3 is 0 Å². The monoisotopic (exact) mass is 268 g/mol. The summed E-state index contributed by atoms with van der Waals surface area (Å²) in [6.07, 6.45) is 0. The summed E-state index contributed by atoms with van der Waals surface area (Å²) in [5.41, 5.74) is 0. The van der Waals surface area contributed by atoms with Crippen molar-refractivity contribution in [2.24, 2.45) is 11.8 Å². The molecule has 15 heavy (non-hydrogen) atoms. The molecule has 0 aliphatic carbocycles. The molecule has 92 valence electrons. The van der Waals surface area contributed by atoms with Gasteiger partial charge in [0.15, 0.2) is 0 Å². The van der Waals surface area contributed by atoms with Gasteiger partial charge in [-0.15, -0.1) is 22.2 Å². The Morgan fingerprint density at radius 3 is 1.07 bits per heavy atom. The van der Waals surface area contributed by atoms with Crippen molar-refractivity contribution in [2.75, 3.05) is 0 Å². The van der Waals surface area contributed by atoms with Crippen LogP contribution in [0.1, 0.15) is 55.4 Å². The highest BCUT2D eigenvalue weighted by molar-refractivity contribution is 7.47. The van der Waals surface area contributed by atoms with Crippen molar-refractivity contribution in [2.45, 2.75) is 65.5 Å². The zero-order valence-electron chi connectivity index (χ0n) is 11.4. The lowest BCUT2D eigenvalue weighted by atomic mass is 9.97. The van der Waals surface area contributed by atoms with E-state index in [1.807, 2.05) is 0 Å². The molecule has 0 aliphatic heterocycles. The molecule has 0 aliphatic rings. The van der Waals surface area contributed by atoms with Gasteiger partial charge in [-0.05, 0) is 21.9 Å². The predicted molar refractivity (Wildman–Crippen MR) is 75.2 cm³/mol. The van der Waals surface area contributed by atoms with E-state index in [0.717, 1.165) is 0 Å². The van der Waals surface area contributed by atoms with Gasteiger partial charge in [-0.3, -0.25) is 0 Å². The summed E-state index contributed by atoms with van der Waals surface area (Å²) in [4.78, 5) is 0. The zero-order chi connectivity index (χ0) is 12.7. The third kappa shape index (κ3) is 2.55. The molecule has 0 aromatic carbocycles. The molecule has 0 spiro atoms. The number of hydrogen-bond acceptors (Lipinski definition) is 0. The van der Waals surface area contributed by atoms with Crippen molar-refractivity contribution in [3.05, 3.63) is 0 Å². The van der Waals surface area contributed by atoms with E-state index in [2.05, 4.69) is 55.4 Å². The molecule has 0 N–H and O–H groups in total. The minimum atomic E-state index is -2.34. The van der Waals surface area contributed by atoms with E-state index in [4.69, 9.17) is 22.2 Å². The molecular weight excluding hydrogens is 243 g/mol. The first-order valence-electron chi connectivity index (χ1n) is 5.76. The van der Waals surface area contributed by atoms with E-state index in [1.165, 1.54) is 0 Å². The van der Waals surface area contributed by atoms with Gasteiger partial charge in [-0.2, -0.15) is 0 Å². The smallest absolute Gasteiger partial charge is 0.145 e. The van der Waals surface area contributed by atoms with E-state index < -0.39 is 6.69 Å². The predicted octanol–water partition coefficient (Wildman–Crippen LogP) is 5.78. The van der Waals surface area contributed by atoms with Crippen LogP contribution < -0.4 is 0 Å². The summed E-state index contributed by atoms with van der Waals surface area (Å²) < 4.78 is 0. The Bertz CT molecular complexity index is 196. The van der Waals surface area contributed by atoms with Gasteiger partial charge in [-0.25, -0.2) is 0 Å². The molecule has 0 saturated carbocycles. The summed E-state index contributed by atoms with van der Waals surface area (Å²) >= 11 is 13.6. The maximum atomic E-state index is 6.81. The molecule has 0 fully saturated rings. The fourth-order valence-electron chi connectivity index (χ4n) is 1.56. The van der Waals surface area contributed by atoms with Crippen LogP contribution in [0.3, 0.4) is 0 Å². The molecule has 0 nitrogen and oxygen atoms in total. The quantitative estimate of drug-likeness (QED) is 0.448. The van der Waals surface area contributed by atoms with Gasteiger partial charge in [0, 0.05) is 0 Å². The lowest BCUT2D eigenvalue weighted by Crippen LogP contribution is -2.48. The highest BCUT2D eigenvalue weighted by Gasteiger charge is 2.57. The van der Waals surface area contributed by atoms with Crippen LogP contribution in [0.5, 0.6) is 0 Å². The zero-order valence-corrected chi connectivity index (χ0v) is 13.9. The third-order valence-electron chi connectivity index (χ3n) is 4.51. The Morgan fingerprint density at radius 2 is 0.933 bits per heavy atom. The normalized spacial score (nSPS) is 15.2. The highest BCUT2D eigenvalue weighted by atomic mass is 35.7. The molecule has 0 aromatic heterocycles. The molecule has 0 unspecified atom stereocenters. The van der Waals surface area contributed by atoms with E-state index >= 15 is 0 Å².